The fraction of sp³-hybridized carbons (Fsp3) is 0.438. The Labute approximate surface area is 127 Å². The summed E-state index contributed by atoms with van der Waals surface area (Å²) in [5.41, 5.74) is 1.40. The van der Waals surface area contributed by atoms with Crippen LogP contribution in [-0.4, -0.2) is 33.9 Å². The van der Waals surface area contributed by atoms with E-state index in [1.54, 1.807) is 18.6 Å². The zero-order valence-electron chi connectivity index (χ0n) is 12.1. The molecular weight excluding hydrogens is 282 g/mol. The number of hydrogen-bond donors (Lipinski definition) is 0. The highest BCUT2D eigenvalue weighted by molar-refractivity contribution is 7.16. The lowest BCUT2D eigenvalue weighted by atomic mass is 10.1. The summed E-state index contributed by atoms with van der Waals surface area (Å²) < 4.78 is 0. The topological polar surface area (TPSA) is 46.1 Å². The molecule has 1 saturated carbocycles. The number of carbonyl (C=O) groups excluding carboxylic acids is 1. The average molecular weight is 299 g/mol. The molecule has 1 amide bonds. The van der Waals surface area contributed by atoms with Crippen LogP contribution < -0.4 is 0 Å². The van der Waals surface area contributed by atoms with E-state index in [0.29, 0.717) is 17.3 Å². The summed E-state index contributed by atoms with van der Waals surface area (Å²) in [5.74, 6) is 1.50. The normalized spacial score (nSPS) is 25.7. The average Bonchev–Trinajstić information content (AvgIpc) is 2.98. The number of nitrogens with zero attached hydrogens (tertiary/aromatic N) is 3. The molecular formula is C16H17N3OS. The van der Waals surface area contributed by atoms with E-state index >= 15 is 0 Å². The minimum Gasteiger partial charge on any atom is -0.337 e. The van der Waals surface area contributed by atoms with Gasteiger partial charge in [-0.25, -0.2) is 4.98 Å². The van der Waals surface area contributed by atoms with Gasteiger partial charge in [0.05, 0.1) is 6.20 Å². The van der Waals surface area contributed by atoms with Gasteiger partial charge in [0, 0.05) is 31.0 Å². The number of hydrogen-bond acceptors (Lipinski definition) is 4. The molecule has 2 unspecified atom stereocenters. The van der Waals surface area contributed by atoms with Gasteiger partial charge in [0.2, 0.25) is 0 Å². The van der Waals surface area contributed by atoms with Crippen LogP contribution in [0.5, 0.6) is 0 Å². The highest BCUT2D eigenvalue weighted by atomic mass is 32.1. The molecule has 4 rings (SSSR count). The Morgan fingerprint density at radius 2 is 2.10 bits per heavy atom. The smallest absolute Gasteiger partial charge is 0.265 e. The van der Waals surface area contributed by atoms with E-state index in [2.05, 4.69) is 23.8 Å². The molecule has 21 heavy (non-hydrogen) atoms. The molecule has 4 nitrogen and oxygen atoms in total. The lowest BCUT2D eigenvalue weighted by molar-refractivity contribution is 0.0762. The van der Waals surface area contributed by atoms with Crippen LogP contribution in [0.1, 0.15) is 23.5 Å². The maximum absolute atomic E-state index is 12.5. The van der Waals surface area contributed by atoms with Gasteiger partial charge in [-0.2, -0.15) is 0 Å². The minimum atomic E-state index is 0.130. The highest BCUT2D eigenvalue weighted by Gasteiger charge is 2.62. The van der Waals surface area contributed by atoms with Gasteiger partial charge in [0.1, 0.15) is 9.88 Å². The highest BCUT2D eigenvalue weighted by Crippen LogP contribution is 2.62. The molecule has 1 aliphatic heterocycles. The number of thiazole rings is 1. The molecule has 0 radical (unpaired) electrons. The number of fused-ring (bicyclic) bond motifs is 1. The van der Waals surface area contributed by atoms with Crippen molar-refractivity contribution < 1.29 is 4.79 Å². The van der Waals surface area contributed by atoms with Crippen molar-refractivity contribution in [2.45, 2.75) is 13.8 Å². The van der Waals surface area contributed by atoms with Crippen LogP contribution in [0.3, 0.4) is 0 Å². The molecule has 5 heteroatoms. The van der Waals surface area contributed by atoms with Gasteiger partial charge in [-0.1, -0.05) is 13.8 Å². The third-order valence-corrected chi connectivity index (χ3v) is 6.07. The summed E-state index contributed by atoms with van der Waals surface area (Å²) in [7, 11) is 0. The van der Waals surface area contributed by atoms with Crippen molar-refractivity contribution in [1.82, 2.24) is 14.9 Å². The molecule has 2 aromatic rings. The first-order valence-electron chi connectivity index (χ1n) is 7.23. The number of likely N-dealkylation sites (tertiary alicyclic amines) is 1. The Morgan fingerprint density at radius 3 is 2.76 bits per heavy atom. The van der Waals surface area contributed by atoms with Crippen LogP contribution >= 0.6 is 11.3 Å². The molecule has 3 heterocycles. The molecule has 108 valence electrons. The van der Waals surface area contributed by atoms with E-state index < -0.39 is 0 Å². The molecule has 0 aromatic carbocycles. The van der Waals surface area contributed by atoms with Crippen LogP contribution in [0, 0.1) is 17.3 Å². The van der Waals surface area contributed by atoms with Crippen LogP contribution in [0.4, 0.5) is 0 Å². The summed E-state index contributed by atoms with van der Waals surface area (Å²) in [4.78, 5) is 23.7. The predicted octanol–water partition coefficient (Wildman–Crippen LogP) is 2.93. The first kappa shape index (κ1) is 13.0. The lowest BCUT2D eigenvalue weighted by Crippen LogP contribution is -2.32. The van der Waals surface area contributed by atoms with E-state index in [1.807, 2.05) is 17.0 Å². The SMILES string of the molecule is CC1(C)C2CN(C(=O)c3cnc(-c4cccnc4)s3)CC21. The number of carbonyl (C=O) groups is 1. The first-order chi connectivity index (χ1) is 10.1. The molecule has 2 fully saturated rings. The molecule has 2 atom stereocenters. The Balaban J connectivity index is 1.51. The number of pyridine rings is 1. The predicted molar refractivity (Wildman–Crippen MR) is 82.0 cm³/mol. The first-order valence-corrected chi connectivity index (χ1v) is 8.04. The molecule has 2 aliphatic rings. The van der Waals surface area contributed by atoms with Crippen LogP contribution in [0.15, 0.2) is 30.7 Å². The van der Waals surface area contributed by atoms with Crippen molar-refractivity contribution in [3.05, 3.63) is 35.6 Å². The van der Waals surface area contributed by atoms with Gasteiger partial charge in [-0.05, 0) is 29.4 Å². The summed E-state index contributed by atoms with van der Waals surface area (Å²) >= 11 is 1.45. The Kier molecular flexibility index (Phi) is 2.70. The van der Waals surface area contributed by atoms with Crippen LogP contribution in [0.2, 0.25) is 0 Å². The van der Waals surface area contributed by atoms with Gasteiger partial charge in [-0.3, -0.25) is 9.78 Å². The van der Waals surface area contributed by atoms with Crippen LogP contribution in [-0.2, 0) is 0 Å². The molecule has 0 spiro atoms. The second-order valence-electron chi connectivity index (χ2n) is 6.52. The minimum absolute atomic E-state index is 0.130. The zero-order chi connectivity index (χ0) is 14.6. The van der Waals surface area contributed by atoms with Crippen LogP contribution in [0.25, 0.3) is 10.6 Å². The van der Waals surface area contributed by atoms with E-state index in [9.17, 15) is 4.79 Å². The third-order valence-electron chi connectivity index (χ3n) is 5.03. The van der Waals surface area contributed by atoms with Gasteiger partial charge >= 0.3 is 0 Å². The number of piperidine rings is 1. The van der Waals surface area contributed by atoms with Crippen molar-refractivity contribution in [2.24, 2.45) is 17.3 Å². The summed E-state index contributed by atoms with van der Waals surface area (Å²) in [6.07, 6.45) is 5.21. The number of amides is 1. The fourth-order valence-electron chi connectivity index (χ4n) is 3.45. The number of aromatic nitrogens is 2. The molecule has 2 aromatic heterocycles. The monoisotopic (exact) mass is 299 g/mol. The van der Waals surface area contributed by atoms with Gasteiger partial charge < -0.3 is 4.90 Å². The maximum Gasteiger partial charge on any atom is 0.265 e. The Bertz CT molecular complexity index is 681. The quantitative estimate of drug-likeness (QED) is 0.856. The summed E-state index contributed by atoms with van der Waals surface area (Å²) in [5, 5.41) is 0.858. The van der Waals surface area contributed by atoms with E-state index in [4.69, 9.17) is 0 Å². The number of rotatable bonds is 2. The summed E-state index contributed by atoms with van der Waals surface area (Å²) in [6.45, 7) is 6.40. The van der Waals surface area contributed by atoms with Crippen molar-refractivity contribution in [3.63, 3.8) is 0 Å². The van der Waals surface area contributed by atoms with E-state index in [0.717, 1.165) is 28.5 Å². The maximum atomic E-state index is 12.5. The lowest BCUT2D eigenvalue weighted by Gasteiger charge is -2.21. The second-order valence-corrected chi connectivity index (χ2v) is 7.55. The van der Waals surface area contributed by atoms with Crippen molar-refractivity contribution in [1.29, 1.82) is 0 Å². The van der Waals surface area contributed by atoms with E-state index in [1.165, 1.54) is 11.3 Å². The fourth-order valence-corrected chi connectivity index (χ4v) is 4.32. The third kappa shape index (κ3) is 1.99. The Morgan fingerprint density at radius 1 is 1.33 bits per heavy atom. The van der Waals surface area contributed by atoms with Gasteiger partial charge in [0.15, 0.2) is 0 Å². The van der Waals surface area contributed by atoms with Gasteiger partial charge in [-0.15, -0.1) is 11.3 Å². The molecule has 0 N–H and O–H groups in total. The largest absolute Gasteiger partial charge is 0.337 e. The Hall–Kier alpha value is -1.75. The van der Waals surface area contributed by atoms with E-state index in [-0.39, 0.29) is 5.91 Å². The summed E-state index contributed by atoms with van der Waals surface area (Å²) in [6, 6.07) is 3.85. The van der Waals surface area contributed by atoms with Crippen molar-refractivity contribution in [2.75, 3.05) is 13.1 Å². The molecule has 1 saturated heterocycles. The molecule has 0 bridgehead atoms. The zero-order valence-corrected chi connectivity index (χ0v) is 12.9. The molecule has 1 aliphatic carbocycles. The van der Waals surface area contributed by atoms with Crippen molar-refractivity contribution in [3.8, 4) is 10.6 Å². The standard InChI is InChI=1S/C16H17N3OS/c1-16(2)11-8-19(9-12(11)16)15(20)13-7-18-14(21-13)10-4-3-5-17-6-10/h3-7,11-12H,8-9H2,1-2H3. The second kappa shape index (κ2) is 4.37. The van der Waals surface area contributed by atoms with Crippen molar-refractivity contribution >= 4 is 17.2 Å². The van der Waals surface area contributed by atoms with Gasteiger partial charge in [0.25, 0.3) is 5.91 Å².